The van der Waals surface area contributed by atoms with Gasteiger partial charge in [0.05, 0.1) is 6.61 Å². The van der Waals surface area contributed by atoms with Gasteiger partial charge in [0, 0.05) is 38.8 Å². The minimum absolute atomic E-state index is 0.642. The fraction of sp³-hybridized carbons (Fsp3) is 1.00. The Labute approximate surface area is 75.1 Å². The van der Waals surface area contributed by atoms with Crippen LogP contribution in [-0.2, 0) is 4.74 Å². The van der Waals surface area contributed by atoms with E-state index >= 15 is 0 Å². The molecule has 1 aliphatic heterocycles. The summed E-state index contributed by atoms with van der Waals surface area (Å²) in [6.45, 7) is 8.63. The topological polar surface area (TPSA) is 24.5 Å². The maximum Gasteiger partial charge on any atom is 0.0589 e. The van der Waals surface area contributed by atoms with Crippen molar-refractivity contribution in [2.75, 3.05) is 33.4 Å². The average molecular weight is 172 g/mol. The molecule has 0 amide bonds. The zero-order chi connectivity index (χ0) is 8.97. The second-order valence-corrected chi connectivity index (χ2v) is 3.59. The normalized spacial score (nSPS) is 32.2. The molecule has 12 heavy (non-hydrogen) atoms. The number of hydrogen-bond donors (Lipinski definition) is 1. The molecule has 1 saturated heterocycles. The van der Waals surface area contributed by atoms with Crippen molar-refractivity contribution in [3.8, 4) is 0 Å². The Morgan fingerprint density at radius 3 is 2.42 bits per heavy atom. The van der Waals surface area contributed by atoms with Gasteiger partial charge in [0.25, 0.3) is 0 Å². The minimum atomic E-state index is 0.642. The van der Waals surface area contributed by atoms with Crippen molar-refractivity contribution in [1.29, 1.82) is 0 Å². The maximum absolute atomic E-state index is 5.08. The third-order valence-corrected chi connectivity index (χ3v) is 2.57. The lowest BCUT2D eigenvalue weighted by Crippen LogP contribution is -2.55. The SMILES string of the molecule is COCCN1[C@@H](C)CNC[C@@H]1C. The number of methoxy groups -OCH3 is 1. The molecule has 0 bridgehead atoms. The van der Waals surface area contributed by atoms with Gasteiger partial charge in [-0.25, -0.2) is 0 Å². The Morgan fingerprint density at radius 1 is 1.33 bits per heavy atom. The van der Waals surface area contributed by atoms with Gasteiger partial charge in [0.1, 0.15) is 0 Å². The van der Waals surface area contributed by atoms with E-state index in [2.05, 4.69) is 24.1 Å². The van der Waals surface area contributed by atoms with Crippen LogP contribution in [0.4, 0.5) is 0 Å². The van der Waals surface area contributed by atoms with Crippen LogP contribution in [0.3, 0.4) is 0 Å². The third-order valence-electron chi connectivity index (χ3n) is 2.57. The summed E-state index contributed by atoms with van der Waals surface area (Å²) in [6.07, 6.45) is 0. The van der Waals surface area contributed by atoms with Crippen LogP contribution in [0.2, 0.25) is 0 Å². The molecule has 0 aromatic carbocycles. The third kappa shape index (κ3) is 2.44. The first-order valence-electron chi connectivity index (χ1n) is 4.71. The van der Waals surface area contributed by atoms with Crippen molar-refractivity contribution in [2.45, 2.75) is 25.9 Å². The summed E-state index contributed by atoms with van der Waals surface area (Å²) in [5, 5.41) is 3.41. The first kappa shape index (κ1) is 9.96. The molecular formula is C9H20N2O. The highest BCUT2D eigenvalue weighted by Gasteiger charge is 2.23. The van der Waals surface area contributed by atoms with Crippen molar-refractivity contribution in [1.82, 2.24) is 10.2 Å². The molecule has 0 aromatic heterocycles. The molecule has 72 valence electrons. The zero-order valence-electron chi connectivity index (χ0n) is 8.34. The summed E-state index contributed by atoms with van der Waals surface area (Å²) < 4.78 is 5.08. The lowest BCUT2D eigenvalue weighted by atomic mass is 10.1. The van der Waals surface area contributed by atoms with Crippen LogP contribution in [0.15, 0.2) is 0 Å². The summed E-state index contributed by atoms with van der Waals surface area (Å²) in [7, 11) is 1.76. The molecule has 1 N–H and O–H groups in total. The predicted octanol–water partition coefficient (Wildman–Crippen LogP) is 0.315. The molecule has 3 nitrogen and oxygen atoms in total. The molecule has 1 heterocycles. The Morgan fingerprint density at radius 2 is 1.92 bits per heavy atom. The second-order valence-electron chi connectivity index (χ2n) is 3.59. The van der Waals surface area contributed by atoms with Crippen LogP contribution >= 0.6 is 0 Å². The van der Waals surface area contributed by atoms with E-state index in [1.165, 1.54) is 0 Å². The maximum atomic E-state index is 5.08. The first-order chi connectivity index (χ1) is 5.75. The van der Waals surface area contributed by atoms with Crippen LogP contribution in [0.1, 0.15) is 13.8 Å². The molecule has 0 aliphatic carbocycles. The number of hydrogen-bond acceptors (Lipinski definition) is 3. The number of piperazine rings is 1. The summed E-state index contributed by atoms with van der Waals surface area (Å²) >= 11 is 0. The molecular weight excluding hydrogens is 152 g/mol. The smallest absolute Gasteiger partial charge is 0.0589 e. The lowest BCUT2D eigenvalue weighted by molar-refractivity contribution is 0.0758. The van der Waals surface area contributed by atoms with Gasteiger partial charge in [-0.3, -0.25) is 4.90 Å². The van der Waals surface area contributed by atoms with Gasteiger partial charge in [-0.05, 0) is 13.8 Å². The molecule has 1 rings (SSSR count). The van der Waals surface area contributed by atoms with E-state index in [0.29, 0.717) is 12.1 Å². The van der Waals surface area contributed by atoms with Crippen LogP contribution in [0, 0.1) is 0 Å². The molecule has 0 saturated carbocycles. The van der Waals surface area contributed by atoms with E-state index < -0.39 is 0 Å². The van der Waals surface area contributed by atoms with E-state index in [-0.39, 0.29) is 0 Å². The van der Waals surface area contributed by atoms with Crippen molar-refractivity contribution in [2.24, 2.45) is 0 Å². The molecule has 2 atom stereocenters. The fourth-order valence-electron chi connectivity index (χ4n) is 1.81. The van der Waals surface area contributed by atoms with E-state index in [1.807, 2.05) is 0 Å². The van der Waals surface area contributed by atoms with Crippen molar-refractivity contribution in [3.05, 3.63) is 0 Å². The molecule has 0 unspecified atom stereocenters. The molecule has 3 heteroatoms. The van der Waals surface area contributed by atoms with Crippen LogP contribution < -0.4 is 5.32 Å². The molecule has 0 spiro atoms. The monoisotopic (exact) mass is 172 g/mol. The quantitative estimate of drug-likeness (QED) is 0.663. The van der Waals surface area contributed by atoms with Crippen LogP contribution in [0.25, 0.3) is 0 Å². The summed E-state index contributed by atoms with van der Waals surface area (Å²) in [5.74, 6) is 0. The highest BCUT2D eigenvalue weighted by atomic mass is 16.5. The van der Waals surface area contributed by atoms with Gasteiger partial charge in [-0.1, -0.05) is 0 Å². The Kier molecular flexibility index (Phi) is 3.98. The van der Waals surface area contributed by atoms with Gasteiger partial charge >= 0.3 is 0 Å². The number of rotatable bonds is 3. The summed E-state index contributed by atoms with van der Waals surface area (Å²) in [5.41, 5.74) is 0. The average Bonchev–Trinajstić information content (AvgIpc) is 2.04. The Hall–Kier alpha value is -0.120. The number of nitrogens with one attached hydrogen (secondary N) is 1. The Balaban J connectivity index is 2.34. The van der Waals surface area contributed by atoms with Crippen molar-refractivity contribution < 1.29 is 4.74 Å². The molecule has 0 aromatic rings. The number of ether oxygens (including phenoxy) is 1. The minimum Gasteiger partial charge on any atom is -0.383 e. The van der Waals surface area contributed by atoms with E-state index in [1.54, 1.807) is 7.11 Å². The second kappa shape index (κ2) is 4.80. The van der Waals surface area contributed by atoms with E-state index in [4.69, 9.17) is 4.74 Å². The van der Waals surface area contributed by atoms with Gasteiger partial charge in [-0.15, -0.1) is 0 Å². The molecule has 0 radical (unpaired) electrons. The van der Waals surface area contributed by atoms with Crippen LogP contribution in [0.5, 0.6) is 0 Å². The highest BCUT2D eigenvalue weighted by molar-refractivity contribution is 4.81. The zero-order valence-corrected chi connectivity index (χ0v) is 8.34. The lowest BCUT2D eigenvalue weighted by Gasteiger charge is -2.39. The van der Waals surface area contributed by atoms with Gasteiger partial charge < -0.3 is 10.1 Å². The van der Waals surface area contributed by atoms with E-state index in [9.17, 15) is 0 Å². The van der Waals surface area contributed by atoms with Crippen molar-refractivity contribution >= 4 is 0 Å². The van der Waals surface area contributed by atoms with Crippen molar-refractivity contribution in [3.63, 3.8) is 0 Å². The van der Waals surface area contributed by atoms with Gasteiger partial charge in [0.2, 0.25) is 0 Å². The van der Waals surface area contributed by atoms with Gasteiger partial charge in [0.15, 0.2) is 0 Å². The standard InChI is InChI=1S/C9H20N2O/c1-8-6-10-7-9(2)11(8)4-5-12-3/h8-10H,4-7H2,1-3H3/t8-,9-/m0/s1. The summed E-state index contributed by atoms with van der Waals surface area (Å²) in [6, 6.07) is 1.28. The summed E-state index contributed by atoms with van der Waals surface area (Å²) in [4.78, 5) is 2.50. The number of nitrogens with zero attached hydrogens (tertiary/aromatic N) is 1. The highest BCUT2D eigenvalue weighted by Crippen LogP contribution is 2.08. The Bertz CT molecular complexity index is 120. The largest absolute Gasteiger partial charge is 0.383 e. The molecule has 1 fully saturated rings. The van der Waals surface area contributed by atoms with E-state index in [0.717, 1.165) is 26.2 Å². The van der Waals surface area contributed by atoms with Crippen LogP contribution in [-0.4, -0.2) is 50.3 Å². The predicted molar refractivity (Wildman–Crippen MR) is 50.4 cm³/mol. The first-order valence-corrected chi connectivity index (χ1v) is 4.71. The fourth-order valence-corrected chi connectivity index (χ4v) is 1.81. The van der Waals surface area contributed by atoms with Gasteiger partial charge in [-0.2, -0.15) is 0 Å². The molecule has 1 aliphatic rings.